The van der Waals surface area contributed by atoms with Crippen molar-refractivity contribution < 1.29 is 18.1 Å². The average Bonchev–Trinajstić information content (AvgIpc) is 2.66. The van der Waals surface area contributed by atoms with Crippen molar-refractivity contribution in [3.63, 3.8) is 0 Å². The number of alkyl halides is 3. The number of nitrogens with zero attached hydrogens (tertiary/aromatic N) is 4. The van der Waals surface area contributed by atoms with E-state index in [4.69, 9.17) is 12.2 Å². The zero-order valence-electron chi connectivity index (χ0n) is 9.96. The molecule has 0 unspecified atom stereocenters. The maximum Gasteiger partial charge on any atom is 0.452 e. The fraction of sp³-hybridized carbons (Fsp3) is 0.200. The second-order valence-corrected chi connectivity index (χ2v) is 4.21. The first kappa shape index (κ1) is 14.2. The number of aryl methyl sites for hydroxylation is 1. The summed E-state index contributed by atoms with van der Waals surface area (Å²) in [5.41, 5.74) is -0.397. The Hall–Kier alpha value is -2.23. The van der Waals surface area contributed by atoms with Gasteiger partial charge in [-0.1, -0.05) is 6.07 Å². The van der Waals surface area contributed by atoms with E-state index in [1.807, 2.05) is 0 Å². The molecule has 10 heteroatoms. The van der Waals surface area contributed by atoms with Gasteiger partial charge in [-0.2, -0.15) is 13.2 Å². The van der Waals surface area contributed by atoms with E-state index in [9.17, 15) is 23.3 Å². The second-order valence-electron chi connectivity index (χ2n) is 3.84. The number of rotatable bonds is 2. The quantitative estimate of drug-likeness (QED) is 0.486. The van der Waals surface area contributed by atoms with Gasteiger partial charge in [-0.25, -0.2) is 4.68 Å². The molecular weight excluding hydrogens is 297 g/mol. The zero-order chi connectivity index (χ0) is 15.1. The van der Waals surface area contributed by atoms with E-state index in [-0.39, 0.29) is 16.1 Å². The van der Waals surface area contributed by atoms with Crippen molar-refractivity contribution in [2.24, 2.45) is 7.05 Å². The summed E-state index contributed by atoms with van der Waals surface area (Å²) in [6.45, 7) is 0. The summed E-state index contributed by atoms with van der Waals surface area (Å²) in [5, 5.41) is 14.0. The Labute approximate surface area is 115 Å². The lowest BCUT2D eigenvalue weighted by atomic mass is 10.3. The van der Waals surface area contributed by atoms with Crippen LogP contribution in [-0.2, 0) is 13.2 Å². The number of hydrogen-bond acceptors (Lipinski definition) is 4. The molecule has 0 aliphatic heterocycles. The van der Waals surface area contributed by atoms with Crippen LogP contribution in [0.25, 0.3) is 5.69 Å². The van der Waals surface area contributed by atoms with Crippen LogP contribution in [0.15, 0.2) is 24.3 Å². The van der Waals surface area contributed by atoms with Crippen molar-refractivity contribution in [3.8, 4) is 5.69 Å². The van der Waals surface area contributed by atoms with Crippen LogP contribution >= 0.6 is 12.2 Å². The van der Waals surface area contributed by atoms with E-state index >= 15 is 0 Å². The van der Waals surface area contributed by atoms with Crippen molar-refractivity contribution in [1.82, 2.24) is 14.3 Å². The Balaban J connectivity index is 2.73. The molecule has 2 rings (SSSR count). The molecule has 0 spiro atoms. The van der Waals surface area contributed by atoms with Gasteiger partial charge in [-0.3, -0.25) is 14.7 Å². The topological polar surface area (TPSA) is 65.9 Å². The van der Waals surface area contributed by atoms with Gasteiger partial charge in [0.2, 0.25) is 10.6 Å². The van der Waals surface area contributed by atoms with Crippen LogP contribution in [0, 0.1) is 14.9 Å². The van der Waals surface area contributed by atoms with Crippen molar-refractivity contribution in [2.45, 2.75) is 6.18 Å². The van der Waals surface area contributed by atoms with Gasteiger partial charge in [-0.05, 0) is 18.3 Å². The minimum atomic E-state index is -4.72. The van der Waals surface area contributed by atoms with Crippen LogP contribution in [0.1, 0.15) is 5.82 Å². The molecule has 1 aromatic carbocycles. The normalized spacial score (nSPS) is 11.6. The first-order valence-electron chi connectivity index (χ1n) is 5.20. The Kier molecular flexibility index (Phi) is 3.34. The highest BCUT2D eigenvalue weighted by Crippen LogP contribution is 2.30. The summed E-state index contributed by atoms with van der Waals surface area (Å²) < 4.78 is 40.1. The lowest BCUT2D eigenvalue weighted by Crippen LogP contribution is -2.14. The monoisotopic (exact) mass is 304 g/mol. The number of nitro benzene ring substituents is 1. The molecular formula is C10H7F3N4O2S. The molecule has 0 atom stereocenters. The van der Waals surface area contributed by atoms with E-state index in [1.165, 1.54) is 25.2 Å². The molecule has 106 valence electrons. The lowest BCUT2D eigenvalue weighted by Gasteiger charge is -2.08. The number of hydrogen-bond donors (Lipinski definition) is 0. The third-order valence-corrected chi connectivity index (χ3v) is 2.92. The fourth-order valence-electron chi connectivity index (χ4n) is 1.63. The lowest BCUT2D eigenvalue weighted by molar-refractivity contribution is -0.384. The van der Waals surface area contributed by atoms with Crippen molar-refractivity contribution in [3.05, 3.63) is 45.0 Å². The SMILES string of the molecule is Cn1nc(C(F)(F)F)n(-c2cccc([N+](=O)[O-])c2)c1=S. The van der Waals surface area contributed by atoms with Gasteiger partial charge in [0.15, 0.2) is 0 Å². The maximum atomic E-state index is 12.9. The molecule has 0 saturated carbocycles. The van der Waals surface area contributed by atoms with E-state index in [1.54, 1.807) is 0 Å². The Bertz CT molecular complexity index is 735. The van der Waals surface area contributed by atoms with E-state index in [0.29, 0.717) is 4.57 Å². The number of halogens is 3. The van der Waals surface area contributed by atoms with Gasteiger partial charge in [-0.15, -0.1) is 5.10 Å². The largest absolute Gasteiger partial charge is 0.452 e. The second kappa shape index (κ2) is 4.71. The summed E-state index contributed by atoms with van der Waals surface area (Å²) in [4.78, 5) is 9.99. The van der Waals surface area contributed by atoms with Crippen LogP contribution in [0.3, 0.4) is 0 Å². The van der Waals surface area contributed by atoms with Gasteiger partial charge in [0.25, 0.3) is 5.69 Å². The van der Waals surface area contributed by atoms with Gasteiger partial charge < -0.3 is 0 Å². The van der Waals surface area contributed by atoms with Gasteiger partial charge in [0, 0.05) is 19.2 Å². The molecule has 1 aromatic heterocycles. The third-order valence-electron chi connectivity index (χ3n) is 2.48. The highest BCUT2D eigenvalue weighted by Gasteiger charge is 2.38. The number of aromatic nitrogens is 3. The van der Waals surface area contributed by atoms with Crippen LogP contribution in [0.5, 0.6) is 0 Å². The molecule has 20 heavy (non-hydrogen) atoms. The molecule has 0 aliphatic rings. The van der Waals surface area contributed by atoms with Crippen molar-refractivity contribution >= 4 is 17.9 Å². The molecule has 0 aliphatic carbocycles. The number of nitro groups is 1. The predicted molar refractivity (Wildman–Crippen MR) is 65.0 cm³/mol. The Morgan fingerprint density at radius 3 is 2.60 bits per heavy atom. The van der Waals surface area contributed by atoms with Crippen LogP contribution in [0.4, 0.5) is 18.9 Å². The van der Waals surface area contributed by atoms with Crippen LogP contribution < -0.4 is 0 Å². The fourth-order valence-corrected chi connectivity index (χ4v) is 1.86. The molecule has 0 saturated heterocycles. The molecule has 2 aromatic rings. The smallest absolute Gasteiger partial charge is 0.264 e. The highest BCUT2D eigenvalue weighted by atomic mass is 32.1. The van der Waals surface area contributed by atoms with Crippen LogP contribution in [-0.4, -0.2) is 19.3 Å². The van der Waals surface area contributed by atoms with E-state index < -0.39 is 16.9 Å². The van der Waals surface area contributed by atoms with Crippen molar-refractivity contribution in [1.29, 1.82) is 0 Å². The maximum absolute atomic E-state index is 12.9. The van der Waals surface area contributed by atoms with Gasteiger partial charge in [0.1, 0.15) is 0 Å². The first-order chi connectivity index (χ1) is 9.21. The standard InChI is InChI=1S/C10H7F3N4O2S/c1-15-9(20)16(8(14-15)10(11,12)13)6-3-2-4-7(5-6)17(18)19/h2-5H,1H3. The molecule has 0 fully saturated rings. The molecule has 1 heterocycles. The Morgan fingerprint density at radius 1 is 1.40 bits per heavy atom. The summed E-state index contributed by atoms with van der Waals surface area (Å²) in [5.74, 6) is -1.23. The minimum absolute atomic E-state index is 0.0652. The van der Waals surface area contributed by atoms with E-state index in [2.05, 4.69) is 5.10 Å². The van der Waals surface area contributed by atoms with Gasteiger partial charge >= 0.3 is 6.18 Å². The average molecular weight is 304 g/mol. The molecule has 0 amide bonds. The van der Waals surface area contributed by atoms with Crippen molar-refractivity contribution in [2.75, 3.05) is 0 Å². The van der Waals surface area contributed by atoms with Crippen LogP contribution in [0.2, 0.25) is 0 Å². The summed E-state index contributed by atoms with van der Waals surface area (Å²) >= 11 is 4.87. The number of non-ortho nitro benzene ring substituents is 1. The zero-order valence-corrected chi connectivity index (χ0v) is 10.8. The molecule has 6 nitrogen and oxygen atoms in total. The number of benzene rings is 1. The minimum Gasteiger partial charge on any atom is -0.264 e. The summed E-state index contributed by atoms with van der Waals surface area (Å²) in [7, 11) is 1.27. The van der Waals surface area contributed by atoms with E-state index in [0.717, 1.165) is 10.7 Å². The third kappa shape index (κ3) is 2.41. The predicted octanol–water partition coefficient (Wildman–Crippen LogP) is 2.87. The van der Waals surface area contributed by atoms with Gasteiger partial charge in [0.05, 0.1) is 10.6 Å². The Morgan fingerprint density at radius 2 is 2.05 bits per heavy atom. The molecule has 0 radical (unpaired) electrons. The molecule has 0 bridgehead atoms. The molecule has 0 N–H and O–H groups in total. The summed E-state index contributed by atoms with van der Waals surface area (Å²) in [6, 6.07) is 4.76. The summed E-state index contributed by atoms with van der Waals surface area (Å²) in [6.07, 6.45) is -4.72. The first-order valence-corrected chi connectivity index (χ1v) is 5.60. The highest BCUT2D eigenvalue weighted by molar-refractivity contribution is 7.71.